The first-order valence-corrected chi connectivity index (χ1v) is 3.34. The second-order valence-electron chi connectivity index (χ2n) is 2.54. The summed E-state index contributed by atoms with van der Waals surface area (Å²) in [4.78, 5) is 0. The fourth-order valence-corrected chi connectivity index (χ4v) is 1.10. The molecule has 2 N–H and O–H groups in total. The van der Waals surface area contributed by atoms with E-state index in [4.69, 9.17) is 5.11 Å². The van der Waals surface area contributed by atoms with Gasteiger partial charge < -0.3 is 10.4 Å². The molecule has 0 unspecified atom stereocenters. The van der Waals surface area contributed by atoms with Gasteiger partial charge in [0, 0.05) is 6.04 Å². The maximum absolute atomic E-state index is 8.71. The molecule has 0 radical (unpaired) electrons. The van der Waals surface area contributed by atoms with Crippen LogP contribution in [0.2, 0.25) is 0 Å². The predicted octanol–water partition coefficient (Wildman–Crippen LogP) is 0.287. The zero-order chi connectivity index (χ0) is 6.69. The Kier molecular flexibility index (Phi) is 2.25. The van der Waals surface area contributed by atoms with Crippen LogP contribution in [0.15, 0.2) is 12.2 Å². The summed E-state index contributed by atoms with van der Waals surface area (Å²) in [6, 6.07) is 0.270. The molecule has 0 amide bonds. The van der Waals surface area contributed by atoms with Crippen molar-refractivity contribution in [3.63, 3.8) is 0 Å². The van der Waals surface area contributed by atoms with Gasteiger partial charge in [-0.25, -0.2) is 0 Å². The molecule has 2 nitrogen and oxygen atoms in total. The molecule has 1 fully saturated rings. The second kappa shape index (κ2) is 2.99. The molecule has 1 aliphatic heterocycles. The zero-order valence-corrected chi connectivity index (χ0v) is 5.56. The smallest absolute Gasteiger partial charge is 0.0587 e. The quantitative estimate of drug-likeness (QED) is 0.496. The molecule has 1 saturated heterocycles. The molecule has 1 atom stereocenters. The van der Waals surface area contributed by atoms with E-state index < -0.39 is 0 Å². The Hall–Kier alpha value is -0.340. The van der Waals surface area contributed by atoms with Crippen molar-refractivity contribution in [2.24, 2.45) is 0 Å². The number of aliphatic hydroxyl groups is 1. The van der Waals surface area contributed by atoms with Crippen LogP contribution in [0.3, 0.4) is 0 Å². The Morgan fingerprint density at radius 3 is 3.00 bits per heavy atom. The molecule has 0 bridgehead atoms. The largest absolute Gasteiger partial charge is 0.395 e. The standard InChI is InChI=1S/C7H13NO/c1-6-2-3-8-7(4-6)5-9/h7-9H,1-5H2/t7-/m0/s1. The average Bonchev–Trinajstić information content (AvgIpc) is 1.88. The van der Waals surface area contributed by atoms with Gasteiger partial charge in [0.2, 0.25) is 0 Å². The predicted molar refractivity (Wildman–Crippen MR) is 37.3 cm³/mol. The van der Waals surface area contributed by atoms with Crippen LogP contribution in [0.5, 0.6) is 0 Å². The van der Waals surface area contributed by atoms with E-state index in [0.717, 1.165) is 19.4 Å². The van der Waals surface area contributed by atoms with Crippen LogP contribution in [0.4, 0.5) is 0 Å². The van der Waals surface area contributed by atoms with E-state index in [1.54, 1.807) is 0 Å². The molecule has 52 valence electrons. The van der Waals surface area contributed by atoms with Gasteiger partial charge in [0.05, 0.1) is 6.61 Å². The maximum atomic E-state index is 8.71. The first-order chi connectivity index (χ1) is 4.33. The van der Waals surface area contributed by atoms with E-state index in [0.29, 0.717) is 0 Å². The number of aliphatic hydroxyl groups excluding tert-OH is 1. The highest BCUT2D eigenvalue weighted by Crippen LogP contribution is 2.11. The molecule has 1 rings (SSSR count). The minimum absolute atomic E-state index is 0.235. The lowest BCUT2D eigenvalue weighted by Gasteiger charge is -2.22. The Bertz CT molecular complexity index is 111. The number of hydrogen-bond acceptors (Lipinski definition) is 2. The summed E-state index contributed by atoms with van der Waals surface area (Å²) < 4.78 is 0. The highest BCUT2D eigenvalue weighted by atomic mass is 16.3. The third-order valence-electron chi connectivity index (χ3n) is 1.67. The Morgan fingerprint density at radius 2 is 2.56 bits per heavy atom. The van der Waals surface area contributed by atoms with E-state index in [-0.39, 0.29) is 12.6 Å². The first kappa shape index (κ1) is 6.78. The van der Waals surface area contributed by atoms with Crippen LogP contribution in [-0.4, -0.2) is 24.3 Å². The molecule has 0 aromatic heterocycles. The van der Waals surface area contributed by atoms with Crippen LogP contribution in [0.25, 0.3) is 0 Å². The van der Waals surface area contributed by atoms with E-state index in [1.165, 1.54) is 5.57 Å². The van der Waals surface area contributed by atoms with Crippen molar-refractivity contribution in [3.8, 4) is 0 Å². The average molecular weight is 127 g/mol. The van der Waals surface area contributed by atoms with Gasteiger partial charge in [0.25, 0.3) is 0 Å². The van der Waals surface area contributed by atoms with E-state index in [2.05, 4.69) is 11.9 Å². The second-order valence-corrected chi connectivity index (χ2v) is 2.54. The number of rotatable bonds is 1. The van der Waals surface area contributed by atoms with Crippen LogP contribution < -0.4 is 5.32 Å². The highest BCUT2D eigenvalue weighted by Gasteiger charge is 2.12. The summed E-state index contributed by atoms with van der Waals surface area (Å²) in [6.07, 6.45) is 2.01. The topological polar surface area (TPSA) is 32.3 Å². The Balaban J connectivity index is 2.32. The zero-order valence-electron chi connectivity index (χ0n) is 5.56. The number of hydrogen-bond donors (Lipinski definition) is 2. The van der Waals surface area contributed by atoms with Gasteiger partial charge in [0.1, 0.15) is 0 Å². The van der Waals surface area contributed by atoms with Crippen molar-refractivity contribution < 1.29 is 5.11 Å². The summed E-state index contributed by atoms with van der Waals surface area (Å²) >= 11 is 0. The third kappa shape index (κ3) is 1.80. The molecule has 0 aromatic rings. The van der Waals surface area contributed by atoms with Gasteiger partial charge in [-0.3, -0.25) is 0 Å². The van der Waals surface area contributed by atoms with E-state index in [1.807, 2.05) is 0 Å². The van der Waals surface area contributed by atoms with Crippen molar-refractivity contribution in [2.75, 3.05) is 13.2 Å². The minimum atomic E-state index is 0.235. The minimum Gasteiger partial charge on any atom is -0.395 e. The molecular formula is C7H13NO. The van der Waals surface area contributed by atoms with Crippen molar-refractivity contribution in [2.45, 2.75) is 18.9 Å². The lowest BCUT2D eigenvalue weighted by atomic mass is 10.0. The van der Waals surface area contributed by atoms with Gasteiger partial charge in [0.15, 0.2) is 0 Å². The lowest BCUT2D eigenvalue weighted by molar-refractivity contribution is 0.234. The molecule has 0 saturated carbocycles. The summed E-state index contributed by atoms with van der Waals surface area (Å²) in [6.45, 7) is 5.07. The van der Waals surface area contributed by atoms with Gasteiger partial charge in [-0.1, -0.05) is 12.2 Å². The fraction of sp³-hybridized carbons (Fsp3) is 0.714. The van der Waals surface area contributed by atoms with Crippen LogP contribution in [0.1, 0.15) is 12.8 Å². The van der Waals surface area contributed by atoms with Gasteiger partial charge >= 0.3 is 0 Å². The Morgan fingerprint density at radius 1 is 1.78 bits per heavy atom. The molecule has 0 aliphatic carbocycles. The first-order valence-electron chi connectivity index (χ1n) is 3.34. The van der Waals surface area contributed by atoms with Crippen molar-refractivity contribution in [3.05, 3.63) is 12.2 Å². The van der Waals surface area contributed by atoms with Crippen LogP contribution >= 0.6 is 0 Å². The Labute approximate surface area is 55.6 Å². The molecule has 2 heteroatoms. The molecule has 1 heterocycles. The summed E-state index contributed by atoms with van der Waals surface area (Å²) in [5.74, 6) is 0. The van der Waals surface area contributed by atoms with Gasteiger partial charge in [-0.2, -0.15) is 0 Å². The fourth-order valence-electron chi connectivity index (χ4n) is 1.10. The van der Waals surface area contributed by atoms with Crippen molar-refractivity contribution >= 4 is 0 Å². The number of piperidine rings is 1. The molecular weight excluding hydrogens is 114 g/mol. The van der Waals surface area contributed by atoms with Crippen molar-refractivity contribution in [1.29, 1.82) is 0 Å². The summed E-state index contributed by atoms with van der Waals surface area (Å²) in [5.41, 5.74) is 1.26. The molecule has 0 spiro atoms. The summed E-state index contributed by atoms with van der Waals surface area (Å²) in [5, 5.41) is 11.9. The van der Waals surface area contributed by atoms with E-state index >= 15 is 0 Å². The van der Waals surface area contributed by atoms with E-state index in [9.17, 15) is 0 Å². The monoisotopic (exact) mass is 127 g/mol. The van der Waals surface area contributed by atoms with Crippen molar-refractivity contribution in [1.82, 2.24) is 5.32 Å². The third-order valence-corrected chi connectivity index (χ3v) is 1.67. The maximum Gasteiger partial charge on any atom is 0.0587 e. The normalized spacial score (nSPS) is 28.6. The highest BCUT2D eigenvalue weighted by molar-refractivity contribution is 5.01. The SMILES string of the molecule is C=C1CCN[C@H](CO)C1. The molecule has 1 aliphatic rings. The number of nitrogens with one attached hydrogen (secondary N) is 1. The van der Waals surface area contributed by atoms with Gasteiger partial charge in [-0.05, 0) is 19.4 Å². The van der Waals surface area contributed by atoms with Crippen LogP contribution in [-0.2, 0) is 0 Å². The summed E-state index contributed by atoms with van der Waals surface area (Å²) in [7, 11) is 0. The van der Waals surface area contributed by atoms with Gasteiger partial charge in [-0.15, -0.1) is 0 Å². The molecule has 9 heavy (non-hydrogen) atoms. The molecule has 0 aromatic carbocycles. The van der Waals surface area contributed by atoms with Crippen LogP contribution in [0, 0.1) is 0 Å². The lowest BCUT2D eigenvalue weighted by Crippen LogP contribution is -2.37.